The Kier molecular flexibility index (Phi) is 5.50. The van der Waals surface area contributed by atoms with Crippen molar-refractivity contribution >= 4 is 40.3 Å². The van der Waals surface area contributed by atoms with Gasteiger partial charge in [0.15, 0.2) is 0 Å². The number of hydrogen-bond donors (Lipinski definition) is 0. The third-order valence-corrected chi connectivity index (χ3v) is 4.85. The van der Waals surface area contributed by atoms with Crippen molar-refractivity contribution in [2.24, 2.45) is 0 Å². The van der Waals surface area contributed by atoms with Crippen LogP contribution in [0.1, 0.15) is 10.6 Å². The van der Waals surface area contributed by atoms with Crippen LogP contribution in [0, 0.1) is 21.4 Å². The van der Waals surface area contributed by atoms with Crippen molar-refractivity contribution in [1.82, 2.24) is 4.98 Å². The Morgan fingerprint density at radius 2 is 2.07 bits per heavy atom. The number of benzene rings is 2. The van der Waals surface area contributed by atoms with E-state index >= 15 is 0 Å². The van der Waals surface area contributed by atoms with Crippen molar-refractivity contribution in [3.63, 3.8) is 0 Å². The van der Waals surface area contributed by atoms with E-state index in [4.69, 9.17) is 16.3 Å². The van der Waals surface area contributed by atoms with E-state index in [-0.39, 0.29) is 5.69 Å². The fraction of sp³-hybridized carbons (Fsp3) is 0.0526. The number of nitriles is 1. The summed E-state index contributed by atoms with van der Waals surface area (Å²) in [4.78, 5) is 15.0. The maximum absolute atomic E-state index is 11.0. The summed E-state index contributed by atoms with van der Waals surface area (Å²) in [5.41, 5.74) is 2.25. The monoisotopic (exact) mass is 397 g/mol. The molecule has 0 fully saturated rings. The second kappa shape index (κ2) is 7.99. The first-order chi connectivity index (χ1) is 13.0. The topological polar surface area (TPSA) is 89.0 Å². The molecule has 3 rings (SSSR count). The van der Waals surface area contributed by atoms with E-state index in [9.17, 15) is 15.4 Å². The van der Waals surface area contributed by atoms with E-state index in [2.05, 4.69) is 11.1 Å². The van der Waals surface area contributed by atoms with Gasteiger partial charge in [0.1, 0.15) is 16.8 Å². The van der Waals surface area contributed by atoms with Gasteiger partial charge in [-0.2, -0.15) is 5.26 Å². The highest BCUT2D eigenvalue weighted by Crippen LogP contribution is 2.31. The lowest BCUT2D eigenvalue weighted by Gasteiger charge is -2.05. The Hall–Kier alpha value is -3.21. The summed E-state index contributed by atoms with van der Waals surface area (Å²) >= 11 is 7.22. The minimum absolute atomic E-state index is 0.0830. The standard InChI is InChI=1S/C19H12ClN3O3S/c1-26-18-7-6-16(23(24)25)9-13(18)8-14(10-21)19-22-17(11-27-19)12-2-4-15(20)5-3-12/h2-9,11H,1H3. The minimum Gasteiger partial charge on any atom is -0.496 e. The van der Waals surface area contributed by atoms with Crippen LogP contribution in [0.5, 0.6) is 5.75 Å². The molecule has 0 aliphatic heterocycles. The third-order valence-electron chi connectivity index (χ3n) is 3.72. The number of rotatable bonds is 5. The van der Waals surface area contributed by atoms with Crippen LogP contribution in [0.15, 0.2) is 47.8 Å². The van der Waals surface area contributed by atoms with Crippen LogP contribution in [0.3, 0.4) is 0 Å². The highest BCUT2D eigenvalue weighted by atomic mass is 35.5. The lowest BCUT2D eigenvalue weighted by molar-refractivity contribution is -0.384. The fourth-order valence-electron chi connectivity index (χ4n) is 2.40. The molecule has 27 heavy (non-hydrogen) atoms. The smallest absolute Gasteiger partial charge is 0.270 e. The van der Waals surface area contributed by atoms with Crippen LogP contribution < -0.4 is 4.74 Å². The zero-order chi connectivity index (χ0) is 19.4. The number of allylic oxidation sites excluding steroid dienone is 1. The first-order valence-corrected chi connectivity index (χ1v) is 8.93. The number of nitro groups is 1. The van der Waals surface area contributed by atoms with E-state index in [0.29, 0.717) is 26.9 Å². The van der Waals surface area contributed by atoms with Crippen LogP contribution >= 0.6 is 22.9 Å². The number of thiazole rings is 1. The molecule has 6 nitrogen and oxygen atoms in total. The molecular weight excluding hydrogens is 386 g/mol. The number of halogens is 1. The molecule has 1 aromatic heterocycles. The van der Waals surface area contributed by atoms with Gasteiger partial charge in [-0.3, -0.25) is 10.1 Å². The summed E-state index contributed by atoms with van der Waals surface area (Å²) in [5, 5.41) is 23.6. The molecule has 0 bridgehead atoms. The summed E-state index contributed by atoms with van der Waals surface area (Å²) in [6, 6.07) is 13.6. The van der Waals surface area contributed by atoms with E-state index in [1.165, 1.54) is 42.7 Å². The first-order valence-electron chi connectivity index (χ1n) is 7.68. The van der Waals surface area contributed by atoms with Crippen LogP contribution in [0.25, 0.3) is 22.9 Å². The molecule has 0 radical (unpaired) electrons. The quantitative estimate of drug-likeness (QED) is 0.324. The molecule has 0 amide bonds. The van der Waals surface area contributed by atoms with Gasteiger partial charge < -0.3 is 4.74 Å². The predicted octanol–water partition coefficient (Wildman–Crippen LogP) is 5.44. The second-order valence-corrected chi connectivity index (χ2v) is 6.69. The van der Waals surface area contributed by atoms with Crippen molar-refractivity contribution in [3.8, 4) is 23.1 Å². The minimum atomic E-state index is -0.495. The molecule has 0 saturated carbocycles. The molecule has 1 heterocycles. The van der Waals surface area contributed by atoms with Crippen LogP contribution in [0.2, 0.25) is 5.02 Å². The van der Waals surface area contributed by atoms with Gasteiger partial charge in [-0.05, 0) is 24.3 Å². The van der Waals surface area contributed by atoms with Crippen molar-refractivity contribution in [2.45, 2.75) is 0 Å². The van der Waals surface area contributed by atoms with Crippen LogP contribution in [-0.2, 0) is 0 Å². The van der Waals surface area contributed by atoms with Gasteiger partial charge in [0.25, 0.3) is 5.69 Å². The lowest BCUT2D eigenvalue weighted by atomic mass is 10.1. The Morgan fingerprint density at radius 1 is 1.33 bits per heavy atom. The molecule has 0 aliphatic rings. The molecule has 8 heteroatoms. The van der Waals surface area contributed by atoms with Gasteiger partial charge in [0.05, 0.1) is 23.3 Å². The van der Waals surface area contributed by atoms with E-state index in [1.807, 2.05) is 17.5 Å². The van der Waals surface area contributed by atoms with Gasteiger partial charge in [-0.1, -0.05) is 23.7 Å². The summed E-state index contributed by atoms with van der Waals surface area (Å²) in [7, 11) is 1.46. The highest BCUT2D eigenvalue weighted by Gasteiger charge is 2.14. The molecule has 0 saturated heterocycles. The highest BCUT2D eigenvalue weighted by molar-refractivity contribution is 7.11. The van der Waals surface area contributed by atoms with Crippen molar-refractivity contribution in [1.29, 1.82) is 5.26 Å². The molecule has 0 unspecified atom stereocenters. The van der Waals surface area contributed by atoms with E-state index in [0.717, 1.165) is 11.3 Å². The second-order valence-electron chi connectivity index (χ2n) is 5.40. The maximum atomic E-state index is 11.0. The van der Waals surface area contributed by atoms with E-state index in [1.54, 1.807) is 12.1 Å². The van der Waals surface area contributed by atoms with Gasteiger partial charge in [0.2, 0.25) is 0 Å². The summed E-state index contributed by atoms with van der Waals surface area (Å²) in [5.74, 6) is 0.433. The molecule has 0 atom stereocenters. The largest absolute Gasteiger partial charge is 0.496 e. The third kappa shape index (κ3) is 4.14. The number of non-ortho nitro benzene ring substituents is 1. The average Bonchev–Trinajstić information content (AvgIpc) is 3.16. The van der Waals surface area contributed by atoms with Gasteiger partial charge >= 0.3 is 0 Å². The average molecular weight is 398 g/mol. The molecule has 134 valence electrons. The zero-order valence-electron chi connectivity index (χ0n) is 14.0. The zero-order valence-corrected chi connectivity index (χ0v) is 15.6. The van der Waals surface area contributed by atoms with Crippen molar-refractivity contribution < 1.29 is 9.66 Å². The Bertz CT molecular complexity index is 1070. The lowest BCUT2D eigenvalue weighted by Crippen LogP contribution is -1.92. The number of methoxy groups -OCH3 is 1. The Balaban J connectivity index is 2.01. The summed E-state index contributed by atoms with van der Waals surface area (Å²) < 4.78 is 5.24. The normalized spacial score (nSPS) is 11.1. The fourth-order valence-corrected chi connectivity index (χ4v) is 3.32. The van der Waals surface area contributed by atoms with Crippen molar-refractivity contribution in [3.05, 3.63) is 73.6 Å². The molecular formula is C19H12ClN3O3S. The van der Waals surface area contributed by atoms with Crippen LogP contribution in [0.4, 0.5) is 5.69 Å². The number of hydrogen-bond acceptors (Lipinski definition) is 6. The number of nitro benzene ring substituents is 1. The molecule has 2 aromatic carbocycles. The van der Waals surface area contributed by atoms with Crippen molar-refractivity contribution in [2.75, 3.05) is 7.11 Å². The van der Waals surface area contributed by atoms with E-state index < -0.39 is 4.92 Å². The summed E-state index contributed by atoms with van der Waals surface area (Å²) in [6.45, 7) is 0. The summed E-state index contributed by atoms with van der Waals surface area (Å²) in [6.07, 6.45) is 1.54. The van der Waals surface area contributed by atoms with Gasteiger partial charge in [-0.15, -0.1) is 11.3 Å². The molecule has 0 aliphatic carbocycles. The molecule has 0 N–H and O–H groups in total. The number of aromatic nitrogens is 1. The molecule has 0 spiro atoms. The van der Waals surface area contributed by atoms with Gasteiger partial charge in [-0.25, -0.2) is 4.98 Å². The van der Waals surface area contributed by atoms with Gasteiger partial charge in [0, 0.05) is 33.7 Å². The predicted molar refractivity (Wildman–Crippen MR) is 106 cm³/mol. The first kappa shape index (κ1) is 18.6. The number of nitrogens with zero attached hydrogens (tertiary/aromatic N) is 3. The SMILES string of the molecule is COc1ccc([N+](=O)[O-])cc1C=C(C#N)c1nc(-c2ccc(Cl)cc2)cs1. The molecule has 3 aromatic rings. The Labute approximate surface area is 164 Å². The maximum Gasteiger partial charge on any atom is 0.270 e. The number of ether oxygens (including phenoxy) is 1. The Morgan fingerprint density at radius 3 is 2.70 bits per heavy atom. The van der Waals surface area contributed by atoms with Crippen LogP contribution in [-0.4, -0.2) is 17.0 Å².